The van der Waals surface area contributed by atoms with Crippen molar-refractivity contribution in [2.24, 2.45) is 0 Å². The number of ether oxygens (including phenoxy) is 1. The van der Waals surface area contributed by atoms with E-state index in [9.17, 15) is 5.11 Å². The van der Waals surface area contributed by atoms with Gasteiger partial charge < -0.3 is 9.84 Å². The highest BCUT2D eigenvalue weighted by atomic mass is 79.9. The van der Waals surface area contributed by atoms with Crippen LogP contribution in [0, 0.1) is 0 Å². The van der Waals surface area contributed by atoms with E-state index in [-0.39, 0.29) is 6.10 Å². The largest absolute Gasteiger partial charge is 0.388 e. The number of rotatable bonds is 4. The molecule has 0 saturated carbocycles. The molecular formula is C12H17BrO2S. The lowest BCUT2D eigenvalue weighted by Crippen LogP contribution is -2.19. The lowest BCUT2D eigenvalue weighted by molar-refractivity contribution is 0.00232. The maximum absolute atomic E-state index is 10.0. The molecular weight excluding hydrogens is 288 g/mol. The highest BCUT2D eigenvalue weighted by Gasteiger charge is 2.18. The Morgan fingerprint density at radius 2 is 2.44 bits per heavy atom. The summed E-state index contributed by atoms with van der Waals surface area (Å²) in [5, 5.41) is 12.0. The van der Waals surface area contributed by atoms with Crippen LogP contribution in [-0.2, 0) is 4.74 Å². The van der Waals surface area contributed by atoms with Crippen molar-refractivity contribution in [2.45, 2.75) is 44.3 Å². The Balaban J connectivity index is 1.79. The second-order valence-corrected chi connectivity index (χ2v) is 6.02. The van der Waals surface area contributed by atoms with Gasteiger partial charge in [-0.25, -0.2) is 0 Å². The third-order valence-corrected chi connectivity index (χ3v) is 4.96. The van der Waals surface area contributed by atoms with Crippen LogP contribution in [0.5, 0.6) is 0 Å². The summed E-state index contributed by atoms with van der Waals surface area (Å²) >= 11 is 5.06. The molecule has 0 spiro atoms. The molecule has 90 valence electrons. The van der Waals surface area contributed by atoms with Crippen molar-refractivity contribution < 1.29 is 9.84 Å². The SMILES string of the molecule is OC(CCC1CCCCO1)c1sccc1Br. The maximum Gasteiger partial charge on any atom is 0.0894 e. The van der Waals surface area contributed by atoms with Crippen LogP contribution in [0.4, 0.5) is 0 Å². The second kappa shape index (κ2) is 6.15. The molecule has 0 aliphatic carbocycles. The summed E-state index contributed by atoms with van der Waals surface area (Å²) in [4.78, 5) is 1.04. The third-order valence-electron chi connectivity index (χ3n) is 2.98. The smallest absolute Gasteiger partial charge is 0.0894 e. The van der Waals surface area contributed by atoms with Gasteiger partial charge in [0.1, 0.15) is 0 Å². The molecule has 1 aromatic heterocycles. The molecule has 1 aliphatic heterocycles. The number of hydrogen-bond acceptors (Lipinski definition) is 3. The molecule has 2 atom stereocenters. The van der Waals surface area contributed by atoms with Crippen LogP contribution in [0.25, 0.3) is 0 Å². The van der Waals surface area contributed by atoms with Crippen LogP contribution < -0.4 is 0 Å². The minimum Gasteiger partial charge on any atom is -0.388 e. The van der Waals surface area contributed by atoms with Gasteiger partial charge in [-0.2, -0.15) is 0 Å². The van der Waals surface area contributed by atoms with E-state index < -0.39 is 0 Å². The van der Waals surface area contributed by atoms with E-state index in [1.807, 2.05) is 11.4 Å². The average molecular weight is 305 g/mol. The van der Waals surface area contributed by atoms with E-state index in [0.29, 0.717) is 6.10 Å². The van der Waals surface area contributed by atoms with Gasteiger partial charge in [-0.3, -0.25) is 0 Å². The van der Waals surface area contributed by atoms with Crippen LogP contribution in [0.15, 0.2) is 15.9 Å². The van der Waals surface area contributed by atoms with Crippen molar-refractivity contribution in [2.75, 3.05) is 6.61 Å². The van der Waals surface area contributed by atoms with Gasteiger partial charge in [-0.15, -0.1) is 11.3 Å². The quantitative estimate of drug-likeness (QED) is 0.914. The molecule has 1 aromatic rings. The zero-order valence-corrected chi connectivity index (χ0v) is 11.6. The molecule has 1 aliphatic rings. The van der Waals surface area contributed by atoms with Crippen molar-refractivity contribution in [1.82, 2.24) is 0 Å². The highest BCUT2D eigenvalue weighted by Crippen LogP contribution is 2.32. The van der Waals surface area contributed by atoms with Gasteiger partial charge in [-0.1, -0.05) is 0 Å². The van der Waals surface area contributed by atoms with Crippen LogP contribution in [-0.4, -0.2) is 17.8 Å². The van der Waals surface area contributed by atoms with Crippen molar-refractivity contribution in [1.29, 1.82) is 0 Å². The summed E-state index contributed by atoms with van der Waals surface area (Å²) < 4.78 is 6.68. The Kier molecular flexibility index (Phi) is 4.82. The first-order valence-electron chi connectivity index (χ1n) is 5.80. The van der Waals surface area contributed by atoms with Crippen molar-refractivity contribution in [3.8, 4) is 0 Å². The molecule has 2 rings (SSSR count). The van der Waals surface area contributed by atoms with Crippen LogP contribution in [0.3, 0.4) is 0 Å². The Morgan fingerprint density at radius 3 is 3.06 bits per heavy atom. The minimum atomic E-state index is -0.347. The average Bonchev–Trinajstić information content (AvgIpc) is 2.74. The van der Waals surface area contributed by atoms with E-state index in [1.54, 1.807) is 11.3 Å². The van der Waals surface area contributed by atoms with Gasteiger partial charge in [0.2, 0.25) is 0 Å². The van der Waals surface area contributed by atoms with Gasteiger partial charge in [0.25, 0.3) is 0 Å². The van der Waals surface area contributed by atoms with Crippen LogP contribution in [0.2, 0.25) is 0 Å². The summed E-state index contributed by atoms with van der Waals surface area (Å²) in [6, 6.07) is 1.99. The lowest BCUT2D eigenvalue weighted by Gasteiger charge is -2.23. The topological polar surface area (TPSA) is 29.5 Å². The molecule has 2 nitrogen and oxygen atoms in total. The van der Waals surface area contributed by atoms with E-state index in [4.69, 9.17) is 4.74 Å². The molecule has 16 heavy (non-hydrogen) atoms. The third kappa shape index (κ3) is 3.29. The van der Waals surface area contributed by atoms with Crippen molar-refractivity contribution in [3.05, 3.63) is 20.8 Å². The maximum atomic E-state index is 10.0. The first-order chi connectivity index (χ1) is 7.77. The number of hydrogen-bond donors (Lipinski definition) is 1. The zero-order valence-electron chi connectivity index (χ0n) is 9.19. The number of thiophene rings is 1. The molecule has 2 heterocycles. The summed E-state index contributed by atoms with van der Waals surface area (Å²) in [5.74, 6) is 0. The van der Waals surface area contributed by atoms with Gasteiger partial charge in [-0.05, 0) is 59.5 Å². The second-order valence-electron chi connectivity index (χ2n) is 4.21. The molecule has 0 radical (unpaired) electrons. The van der Waals surface area contributed by atoms with Crippen LogP contribution >= 0.6 is 27.3 Å². The summed E-state index contributed by atoms with van der Waals surface area (Å²) in [6.07, 6.45) is 5.38. The van der Waals surface area contributed by atoms with E-state index in [0.717, 1.165) is 35.2 Å². The zero-order chi connectivity index (χ0) is 11.4. The number of halogens is 1. The standard InChI is InChI=1S/C12H17BrO2S/c13-10-6-8-16-12(10)11(14)5-4-9-3-1-2-7-15-9/h6,8-9,11,14H,1-5,7H2. The van der Waals surface area contributed by atoms with E-state index >= 15 is 0 Å². The Hall–Kier alpha value is 0.100. The summed E-state index contributed by atoms with van der Waals surface area (Å²) in [7, 11) is 0. The molecule has 4 heteroatoms. The molecule has 1 fully saturated rings. The predicted octanol–water partition coefficient (Wildman–Crippen LogP) is 3.89. The summed E-state index contributed by atoms with van der Waals surface area (Å²) in [6.45, 7) is 0.892. The van der Waals surface area contributed by atoms with Gasteiger partial charge in [0.15, 0.2) is 0 Å². The fraction of sp³-hybridized carbons (Fsp3) is 0.667. The fourth-order valence-corrected chi connectivity index (χ4v) is 3.71. The van der Waals surface area contributed by atoms with Crippen molar-refractivity contribution in [3.63, 3.8) is 0 Å². The molecule has 2 unspecified atom stereocenters. The molecule has 1 saturated heterocycles. The minimum absolute atomic E-state index is 0.347. The monoisotopic (exact) mass is 304 g/mol. The Bertz CT molecular complexity index is 321. The highest BCUT2D eigenvalue weighted by molar-refractivity contribution is 9.10. The molecule has 0 amide bonds. The fourth-order valence-electron chi connectivity index (χ4n) is 2.05. The number of aliphatic hydroxyl groups is 1. The predicted molar refractivity (Wildman–Crippen MR) is 69.8 cm³/mol. The van der Waals surface area contributed by atoms with Gasteiger partial charge in [0, 0.05) is 16.0 Å². The Labute approximate surface area is 109 Å². The summed E-state index contributed by atoms with van der Waals surface area (Å²) in [5.41, 5.74) is 0. The lowest BCUT2D eigenvalue weighted by atomic mass is 10.0. The molecule has 0 bridgehead atoms. The van der Waals surface area contributed by atoms with Crippen molar-refractivity contribution >= 4 is 27.3 Å². The van der Waals surface area contributed by atoms with Gasteiger partial charge >= 0.3 is 0 Å². The number of aliphatic hydroxyl groups excluding tert-OH is 1. The van der Waals surface area contributed by atoms with E-state index in [1.165, 1.54) is 12.8 Å². The Morgan fingerprint density at radius 1 is 1.56 bits per heavy atom. The molecule has 0 aromatic carbocycles. The first kappa shape index (κ1) is 12.6. The van der Waals surface area contributed by atoms with E-state index in [2.05, 4.69) is 15.9 Å². The first-order valence-corrected chi connectivity index (χ1v) is 7.47. The van der Waals surface area contributed by atoms with Gasteiger partial charge in [0.05, 0.1) is 12.2 Å². The molecule has 1 N–H and O–H groups in total. The normalized spacial score (nSPS) is 23.2. The van der Waals surface area contributed by atoms with Crippen LogP contribution in [0.1, 0.15) is 43.1 Å².